The number of aromatic amines is 1. The predicted octanol–water partition coefficient (Wildman–Crippen LogP) is 4.85. The van der Waals surface area contributed by atoms with Gasteiger partial charge < -0.3 is 29.6 Å². The van der Waals surface area contributed by atoms with E-state index in [1.165, 1.54) is 29.2 Å². The van der Waals surface area contributed by atoms with Crippen LogP contribution in [0.2, 0.25) is 0 Å². The second-order valence-electron chi connectivity index (χ2n) is 11.2. The maximum absolute atomic E-state index is 13.3. The third-order valence-electron chi connectivity index (χ3n) is 6.67. The highest BCUT2D eigenvalue weighted by molar-refractivity contribution is 5.94. The summed E-state index contributed by atoms with van der Waals surface area (Å²) in [6.07, 6.45) is -0.352. The number of methoxy groups -OCH3 is 1. The van der Waals surface area contributed by atoms with Gasteiger partial charge in [0.05, 0.1) is 25.4 Å². The van der Waals surface area contributed by atoms with Gasteiger partial charge in [0.25, 0.3) is 11.5 Å². The van der Waals surface area contributed by atoms with Crippen molar-refractivity contribution in [2.75, 3.05) is 20.3 Å². The number of halogens is 1. The summed E-state index contributed by atoms with van der Waals surface area (Å²) in [5.41, 5.74) is -0.633. The molecule has 0 fully saturated rings. The van der Waals surface area contributed by atoms with E-state index < -0.39 is 46.5 Å². The van der Waals surface area contributed by atoms with Crippen LogP contribution in [-0.4, -0.2) is 63.9 Å². The Labute approximate surface area is 256 Å². The molecule has 238 valence electrons. The summed E-state index contributed by atoms with van der Waals surface area (Å²) in [7, 11) is 1.56. The first-order valence-electron chi connectivity index (χ1n) is 14.4. The van der Waals surface area contributed by atoms with Gasteiger partial charge in [-0.3, -0.25) is 14.5 Å². The summed E-state index contributed by atoms with van der Waals surface area (Å²) in [6, 6.07) is 14.3. The molecule has 0 aliphatic rings. The van der Waals surface area contributed by atoms with Crippen molar-refractivity contribution in [3.8, 4) is 5.75 Å². The molecule has 1 aromatic heterocycles. The molecule has 0 aliphatic heterocycles. The van der Waals surface area contributed by atoms with E-state index in [0.717, 1.165) is 5.56 Å². The summed E-state index contributed by atoms with van der Waals surface area (Å²) in [4.78, 5) is 47.4. The maximum atomic E-state index is 13.3. The molecule has 11 nitrogen and oxygen atoms in total. The summed E-state index contributed by atoms with van der Waals surface area (Å²) < 4.78 is 30.4. The Morgan fingerprint density at radius 2 is 1.75 bits per heavy atom. The molecule has 2 amide bonds. The van der Waals surface area contributed by atoms with Crippen LogP contribution in [0.4, 0.5) is 9.18 Å². The normalized spacial score (nSPS) is 12.8. The number of amides is 2. The van der Waals surface area contributed by atoms with E-state index in [9.17, 15) is 23.9 Å². The Hall–Kier alpha value is -4.29. The lowest BCUT2D eigenvalue weighted by Crippen LogP contribution is -2.41. The average molecular weight is 613 g/mol. The van der Waals surface area contributed by atoms with Gasteiger partial charge in [-0.05, 0) is 63.8 Å². The van der Waals surface area contributed by atoms with Crippen molar-refractivity contribution in [3.05, 3.63) is 93.4 Å². The number of carbonyl (C=O) groups is 2. The maximum Gasteiger partial charge on any atom is 0.410 e. The number of hydrogen-bond donors (Lipinski definition) is 3. The molecule has 2 aromatic carbocycles. The molecule has 12 heteroatoms. The van der Waals surface area contributed by atoms with Gasteiger partial charge in [-0.25, -0.2) is 14.2 Å². The van der Waals surface area contributed by atoms with E-state index in [-0.39, 0.29) is 38.0 Å². The Bertz CT molecular complexity index is 1430. The smallest absolute Gasteiger partial charge is 0.410 e. The highest BCUT2D eigenvalue weighted by Gasteiger charge is 2.32. The molecule has 0 aliphatic carbocycles. The monoisotopic (exact) mass is 612 g/mol. The number of H-pyrrole nitrogens is 1. The van der Waals surface area contributed by atoms with Crippen LogP contribution in [0.25, 0.3) is 0 Å². The van der Waals surface area contributed by atoms with Crippen LogP contribution in [0.5, 0.6) is 5.75 Å². The van der Waals surface area contributed by atoms with E-state index in [2.05, 4.69) is 15.3 Å². The molecule has 0 spiro atoms. The van der Waals surface area contributed by atoms with E-state index in [4.69, 9.17) is 14.2 Å². The van der Waals surface area contributed by atoms with E-state index in [1.54, 1.807) is 34.8 Å². The van der Waals surface area contributed by atoms with Crippen LogP contribution in [0.15, 0.2) is 59.4 Å². The van der Waals surface area contributed by atoms with E-state index in [0.29, 0.717) is 18.6 Å². The molecule has 3 N–H and O–H groups in total. The Morgan fingerprint density at radius 1 is 1.07 bits per heavy atom. The number of carbonyl (C=O) groups excluding carboxylic acids is 2. The van der Waals surface area contributed by atoms with Gasteiger partial charge in [-0.1, -0.05) is 42.5 Å². The fourth-order valence-electron chi connectivity index (χ4n) is 4.40. The number of nitrogens with one attached hydrogen (secondary N) is 2. The fraction of sp³-hybridized carbons (Fsp3) is 0.438. The first-order chi connectivity index (χ1) is 20.9. The molecule has 3 aromatic rings. The first kappa shape index (κ1) is 34.2. The van der Waals surface area contributed by atoms with Gasteiger partial charge in [0.15, 0.2) is 5.69 Å². The van der Waals surface area contributed by atoms with Crippen LogP contribution < -0.4 is 10.9 Å². The Morgan fingerprint density at radius 3 is 2.36 bits per heavy atom. The molecular weight excluding hydrogens is 571 g/mol. The molecule has 0 radical (unpaired) electrons. The Kier molecular flexibility index (Phi) is 12.4. The number of aromatic nitrogens is 2. The summed E-state index contributed by atoms with van der Waals surface area (Å²) in [5, 5.41) is 13.0. The van der Waals surface area contributed by atoms with Crippen LogP contribution >= 0.6 is 0 Å². The number of nitrogens with zero attached hydrogens (tertiary/aromatic N) is 2. The van der Waals surface area contributed by atoms with Gasteiger partial charge in [-0.15, -0.1) is 0 Å². The number of rotatable bonds is 14. The van der Waals surface area contributed by atoms with Gasteiger partial charge in [-0.2, -0.15) is 0 Å². The largest absolute Gasteiger partial charge is 0.501 e. The zero-order valence-corrected chi connectivity index (χ0v) is 25.8. The standard InChI is InChI=1S/C32H41FN4O7/c1-6-37(31(41)44-32(2,3)4)25(17-16-24(42-5)20-43-19-22-10-8-7-9-11-22)28-35-26(27(38)30(40)36-28)29(39)34-18-21-12-14-23(33)15-13-21/h7-15,24-25,38H,6,16-20H2,1-5H3,(H,34,39)(H,35,36,40). The minimum Gasteiger partial charge on any atom is -0.501 e. The molecule has 2 atom stereocenters. The van der Waals surface area contributed by atoms with E-state index in [1.807, 2.05) is 30.3 Å². The van der Waals surface area contributed by atoms with Crippen molar-refractivity contribution in [1.29, 1.82) is 0 Å². The summed E-state index contributed by atoms with van der Waals surface area (Å²) >= 11 is 0. The first-order valence-corrected chi connectivity index (χ1v) is 14.4. The number of ether oxygens (including phenoxy) is 3. The summed E-state index contributed by atoms with van der Waals surface area (Å²) in [6.45, 7) is 7.83. The second-order valence-corrected chi connectivity index (χ2v) is 11.2. The van der Waals surface area contributed by atoms with Crippen LogP contribution in [-0.2, 0) is 27.4 Å². The molecule has 0 saturated carbocycles. The zero-order valence-electron chi connectivity index (χ0n) is 25.8. The average Bonchev–Trinajstić information content (AvgIpc) is 2.98. The van der Waals surface area contributed by atoms with Crippen LogP contribution in [0.1, 0.15) is 74.0 Å². The van der Waals surface area contributed by atoms with Crippen LogP contribution in [0.3, 0.4) is 0 Å². The minimum absolute atomic E-state index is 0.00326. The van der Waals surface area contributed by atoms with Gasteiger partial charge in [0.1, 0.15) is 17.2 Å². The van der Waals surface area contributed by atoms with Crippen molar-refractivity contribution in [3.63, 3.8) is 0 Å². The van der Waals surface area contributed by atoms with Crippen molar-refractivity contribution < 1.29 is 33.3 Å². The third-order valence-corrected chi connectivity index (χ3v) is 6.67. The zero-order chi connectivity index (χ0) is 32.3. The molecule has 2 unspecified atom stereocenters. The lowest BCUT2D eigenvalue weighted by atomic mass is 10.1. The van der Waals surface area contributed by atoms with Gasteiger partial charge in [0.2, 0.25) is 5.75 Å². The predicted molar refractivity (Wildman–Crippen MR) is 162 cm³/mol. The summed E-state index contributed by atoms with van der Waals surface area (Å²) in [5.74, 6) is -2.11. The molecular formula is C32H41FN4O7. The number of aromatic hydroxyl groups is 1. The fourth-order valence-corrected chi connectivity index (χ4v) is 4.40. The molecule has 1 heterocycles. The lowest BCUT2D eigenvalue weighted by molar-refractivity contribution is -0.0105. The Balaban J connectivity index is 1.86. The SMILES string of the molecule is CCN(C(=O)OC(C)(C)C)C(CCC(COCc1ccccc1)OC)c1nc(C(=O)NCc2ccc(F)cc2)c(O)c(=O)[nH]1. The molecule has 44 heavy (non-hydrogen) atoms. The van der Waals surface area contributed by atoms with Crippen molar-refractivity contribution in [1.82, 2.24) is 20.2 Å². The van der Waals surface area contributed by atoms with Crippen molar-refractivity contribution in [2.45, 2.75) is 71.4 Å². The topological polar surface area (TPSA) is 143 Å². The van der Waals surface area contributed by atoms with Crippen molar-refractivity contribution >= 4 is 12.0 Å². The third kappa shape index (κ3) is 10.2. The van der Waals surface area contributed by atoms with Crippen LogP contribution in [0, 0.1) is 5.82 Å². The quantitative estimate of drug-likeness (QED) is 0.234. The molecule has 0 saturated heterocycles. The van der Waals surface area contributed by atoms with E-state index >= 15 is 0 Å². The minimum atomic E-state index is -0.943. The molecule has 0 bridgehead atoms. The number of benzene rings is 2. The number of hydrogen-bond acceptors (Lipinski definition) is 8. The molecule has 3 rings (SSSR count). The highest BCUT2D eigenvalue weighted by atomic mass is 19.1. The second kappa shape index (κ2) is 16.0. The highest BCUT2D eigenvalue weighted by Crippen LogP contribution is 2.27. The van der Waals surface area contributed by atoms with Gasteiger partial charge in [0, 0.05) is 20.2 Å². The van der Waals surface area contributed by atoms with Crippen molar-refractivity contribution in [2.24, 2.45) is 0 Å². The van der Waals surface area contributed by atoms with Gasteiger partial charge >= 0.3 is 6.09 Å². The lowest BCUT2D eigenvalue weighted by Gasteiger charge is -2.33.